The predicted molar refractivity (Wildman–Crippen MR) is 211 cm³/mol. The number of nitrogens with zero attached hydrogens (tertiary/aromatic N) is 3. The third kappa shape index (κ3) is 4.80. The van der Waals surface area contributed by atoms with E-state index in [1.807, 2.05) is 30.3 Å². The van der Waals surface area contributed by atoms with Crippen molar-refractivity contribution in [3.8, 4) is 28.3 Å². The maximum absolute atomic E-state index is 6.68. The van der Waals surface area contributed by atoms with Crippen LogP contribution in [-0.4, -0.2) is 9.55 Å². The highest BCUT2D eigenvalue weighted by Crippen LogP contribution is 2.47. The quantitative estimate of drug-likeness (QED) is 0.179. The van der Waals surface area contributed by atoms with Gasteiger partial charge in [0.2, 0.25) is 5.89 Å². The van der Waals surface area contributed by atoms with Crippen LogP contribution in [0.4, 0.5) is 17.1 Å². The van der Waals surface area contributed by atoms with E-state index >= 15 is 0 Å². The van der Waals surface area contributed by atoms with E-state index in [4.69, 9.17) is 9.40 Å². The van der Waals surface area contributed by atoms with E-state index in [-0.39, 0.29) is 0 Å². The summed E-state index contributed by atoms with van der Waals surface area (Å²) in [7, 11) is 0. The minimum Gasteiger partial charge on any atom is -0.435 e. The molecule has 10 rings (SSSR count). The van der Waals surface area contributed by atoms with E-state index in [1.165, 1.54) is 21.9 Å². The van der Waals surface area contributed by atoms with E-state index < -0.39 is 0 Å². The molecule has 0 aliphatic rings. The van der Waals surface area contributed by atoms with Crippen molar-refractivity contribution in [3.63, 3.8) is 0 Å². The molecule has 0 N–H and O–H groups in total. The summed E-state index contributed by atoms with van der Waals surface area (Å²) >= 11 is 0. The lowest BCUT2D eigenvalue weighted by Crippen LogP contribution is -2.11. The molecule has 0 amide bonds. The zero-order chi connectivity index (χ0) is 33.7. The van der Waals surface area contributed by atoms with Crippen LogP contribution in [0.15, 0.2) is 192 Å². The van der Waals surface area contributed by atoms with Crippen molar-refractivity contribution in [2.24, 2.45) is 0 Å². The Labute approximate surface area is 295 Å². The first-order valence-electron chi connectivity index (χ1n) is 17.2. The molecular weight excluding hydrogens is 623 g/mol. The van der Waals surface area contributed by atoms with Gasteiger partial charge in [0.15, 0.2) is 5.58 Å². The first kappa shape index (κ1) is 29.0. The van der Waals surface area contributed by atoms with Crippen LogP contribution >= 0.6 is 0 Å². The van der Waals surface area contributed by atoms with E-state index in [2.05, 4.69) is 167 Å². The Balaban J connectivity index is 1.28. The lowest BCUT2D eigenvalue weighted by molar-refractivity contribution is 0.623. The Bertz CT molecular complexity index is 2840. The van der Waals surface area contributed by atoms with Gasteiger partial charge in [0.25, 0.3) is 0 Å². The topological polar surface area (TPSA) is 34.2 Å². The second-order valence-corrected chi connectivity index (χ2v) is 12.8. The molecule has 4 heteroatoms. The summed E-state index contributed by atoms with van der Waals surface area (Å²) in [5.74, 6) is 0.611. The highest BCUT2D eigenvalue weighted by Gasteiger charge is 2.24. The maximum atomic E-state index is 6.68. The predicted octanol–water partition coefficient (Wildman–Crippen LogP) is 12.9. The summed E-state index contributed by atoms with van der Waals surface area (Å²) in [4.78, 5) is 7.36. The summed E-state index contributed by atoms with van der Waals surface area (Å²) in [6.07, 6.45) is 0. The van der Waals surface area contributed by atoms with E-state index in [0.29, 0.717) is 5.89 Å². The molecule has 0 unspecified atom stereocenters. The van der Waals surface area contributed by atoms with Crippen molar-refractivity contribution in [3.05, 3.63) is 188 Å². The van der Waals surface area contributed by atoms with E-state index in [1.54, 1.807) is 0 Å². The normalized spacial score (nSPS) is 11.5. The van der Waals surface area contributed by atoms with Crippen LogP contribution in [0, 0.1) is 0 Å². The molecule has 10 aromatic rings. The number of aromatic nitrogens is 2. The Morgan fingerprint density at radius 2 is 1.06 bits per heavy atom. The summed E-state index contributed by atoms with van der Waals surface area (Å²) in [5.41, 5.74) is 11.5. The van der Waals surface area contributed by atoms with Crippen molar-refractivity contribution >= 4 is 60.7 Å². The highest BCUT2D eigenvalue weighted by atomic mass is 16.3. The van der Waals surface area contributed by atoms with Crippen LogP contribution in [0.5, 0.6) is 0 Å². The van der Waals surface area contributed by atoms with Crippen molar-refractivity contribution < 1.29 is 4.42 Å². The summed E-state index contributed by atoms with van der Waals surface area (Å²) in [6.45, 7) is 0. The van der Waals surface area contributed by atoms with Crippen LogP contribution in [0.1, 0.15) is 0 Å². The SMILES string of the molecule is c1ccc(-c2ccc(N(c3cccc4ccc5nc(-c6ccccc6)oc5c34)c3cccc4c3c3ccccc3n4-c3ccccc3)cc2)cc1. The molecule has 0 atom stereocenters. The summed E-state index contributed by atoms with van der Waals surface area (Å²) in [6, 6.07) is 66.2. The van der Waals surface area contributed by atoms with E-state index in [0.717, 1.165) is 61.2 Å². The fourth-order valence-electron chi connectivity index (χ4n) is 7.51. The molecule has 2 heterocycles. The molecule has 0 spiro atoms. The molecule has 51 heavy (non-hydrogen) atoms. The van der Waals surface area contributed by atoms with Gasteiger partial charge >= 0.3 is 0 Å². The lowest BCUT2D eigenvalue weighted by atomic mass is 10.0. The second kappa shape index (κ2) is 11.9. The van der Waals surface area contributed by atoms with Gasteiger partial charge < -0.3 is 13.9 Å². The Morgan fingerprint density at radius 1 is 0.451 bits per heavy atom. The standard InChI is InChI=1S/C47H31N3O/c1-4-14-32(15-5-1)33-26-29-37(30-27-33)50(41-23-12-18-34-28-31-39-46(44(34)41)51-47(48-39)35-16-6-2-7-17-35)43-25-13-24-42-45(43)38-21-10-11-22-40(38)49(42)36-19-8-3-9-20-36/h1-31H. The zero-order valence-electron chi connectivity index (χ0n) is 27.6. The second-order valence-electron chi connectivity index (χ2n) is 12.8. The number of hydrogen-bond acceptors (Lipinski definition) is 3. The van der Waals surface area contributed by atoms with Gasteiger partial charge in [0.1, 0.15) is 5.52 Å². The number of benzene rings is 8. The van der Waals surface area contributed by atoms with Crippen molar-refractivity contribution in [1.82, 2.24) is 9.55 Å². The fourth-order valence-corrected chi connectivity index (χ4v) is 7.51. The van der Waals surface area contributed by atoms with Crippen LogP contribution in [0.25, 0.3) is 71.9 Å². The smallest absolute Gasteiger partial charge is 0.227 e. The van der Waals surface area contributed by atoms with Crippen LogP contribution < -0.4 is 4.90 Å². The molecule has 0 bridgehead atoms. The lowest BCUT2D eigenvalue weighted by Gasteiger charge is -2.28. The van der Waals surface area contributed by atoms with Crippen molar-refractivity contribution in [2.45, 2.75) is 0 Å². The zero-order valence-corrected chi connectivity index (χ0v) is 27.6. The number of rotatable bonds is 6. The third-order valence-corrected chi connectivity index (χ3v) is 9.80. The number of hydrogen-bond donors (Lipinski definition) is 0. The molecule has 0 saturated carbocycles. The molecule has 0 aliphatic carbocycles. The molecular formula is C47H31N3O. The van der Waals surface area contributed by atoms with E-state index in [9.17, 15) is 0 Å². The molecule has 4 nitrogen and oxygen atoms in total. The largest absolute Gasteiger partial charge is 0.435 e. The van der Waals surface area contributed by atoms with Gasteiger partial charge in [-0.05, 0) is 83.2 Å². The number of anilines is 3. The molecule has 8 aromatic carbocycles. The van der Waals surface area contributed by atoms with Gasteiger partial charge in [-0.3, -0.25) is 0 Å². The van der Waals surface area contributed by atoms with Crippen molar-refractivity contribution in [2.75, 3.05) is 4.90 Å². The van der Waals surface area contributed by atoms with Gasteiger partial charge in [0.05, 0.1) is 27.8 Å². The molecule has 0 aliphatic heterocycles. The number of oxazole rings is 1. The number of para-hydroxylation sites is 2. The average Bonchev–Trinajstić information content (AvgIpc) is 3.80. The highest BCUT2D eigenvalue weighted by molar-refractivity contribution is 6.19. The first-order chi connectivity index (χ1) is 25.3. The summed E-state index contributed by atoms with van der Waals surface area (Å²) < 4.78 is 9.05. The average molecular weight is 654 g/mol. The van der Waals surface area contributed by atoms with Crippen LogP contribution in [0.2, 0.25) is 0 Å². The van der Waals surface area contributed by atoms with Crippen LogP contribution in [-0.2, 0) is 0 Å². The van der Waals surface area contributed by atoms with Gasteiger partial charge in [-0.15, -0.1) is 0 Å². The van der Waals surface area contributed by atoms with Gasteiger partial charge in [-0.1, -0.05) is 121 Å². The number of fused-ring (bicyclic) bond motifs is 6. The summed E-state index contributed by atoms with van der Waals surface area (Å²) in [5, 5.41) is 4.46. The fraction of sp³-hybridized carbons (Fsp3) is 0. The molecule has 0 fully saturated rings. The maximum Gasteiger partial charge on any atom is 0.227 e. The molecule has 240 valence electrons. The molecule has 2 aromatic heterocycles. The molecule has 0 radical (unpaired) electrons. The minimum absolute atomic E-state index is 0.611. The monoisotopic (exact) mass is 653 g/mol. The van der Waals surface area contributed by atoms with Gasteiger partial charge in [0, 0.05) is 27.7 Å². The Morgan fingerprint density at radius 3 is 1.82 bits per heavy atom. The Kier molecular flexibility index (Phi) is 6.78. The van der Waals surface area contributed by atoms with Crippen molar-refractivity contribution in [1.29, 1.82) is 0 Å². The van der Waals surface area contributed by atoms with Gasteiger partial charge in [-0.2, -0.15) is 0 Å². The van der Waals surface area contributed by atoms with Crippen LogP contribution in [0.3, 0.4) is 0 Å². The first-order valence-corrected chi connectivity index (χ1v) is 17.2. The minimum atomic E-state index is 0.611. The van der Waals surface area contributed by atoms with Gasteiger partial charge in [-0.25, -0.2) is 4.98 Å². The third-order valence-electron chi connectivity index (χ3n) is 9.80. The molecule has 0 saturated heterocycles. The Hall–Kier alpha value is -6.91.